The summed E-state index contributed by atoms with van der Waals surface area (Å²) in [5.41, 5.74) is 5.19. The number of nitrogens with one attached hydrogen (secondary N) is 2. The van der Waals surface area contributed by atoms with Gasteiger partial charge in [0.1, 0.15) is 0 Å². The van der Waals surface area contributed by atoms with Crippen LogP contribution in [0.5, 0.6) is 0 Å². The first kappa shape index (κ1) is 19.1. The second-order valence-electron chi connectivity index (χ2n) is 7.26. The molecule has 0 radical (unpaired) electrons. The molecule has 0 saturated carbocycles. The molecular weight excluding hydrogens is 340 g/mol. The van der Waals surface area contributed by atoms with Gasteiger partial charge in [0.05, 0.1) is 17.1 Å². The van der Waals surface area contributed by atoms with E-state index < -0.39 is 0 Å². The lowest BCUT2D eigenvalue weighted by Crippen LogP contribution is -2.45. The second-order valence-corrected chi connectivity index (χ2v) is 7.26. The molecular formula is C20H28N6O. The molecule has 0 aliphatic carbocycles. The Morgan fingerprint density at radius 2 is 1.59 bits per heavy atom. The number of carbonyl (C=O) groups is 1. The topological polar surface area (TPSA) is 73.4 Å². The highest BCUT2D eigenvalue weighted by Gasteiger charge is 2.19. The van der Waals surface area contributed by atoms with Crippen molar-refractivity contribution in [2.24, 2.45) is 0 Å². The maximum Gasteiger partial charge on any atom is 0.323 e. The van der Waals surface area contributed by atoms with Crippen molar-refractivity contribution >= 4 is 23.4 Å². The van der Waals surface area contributed by atoms with Crippen LogP contribution in [-0.2, 0) is 0 Å². The highest BCUT2D eigenvalue weighted by molar-refractivity contribution is 6.00. The van der Waals surface area contributed by atoms with Crippen molar-refractivity contribution in [3.05, 3.63) is 40.7 Å². The average molecular weight is 368 g/mol. The fraction of sp³-hybridized carbons (Fsp3) is 0.450. The lowest BCUT2D eigenvalue weighted by Gasteiger charge is -2.32. The minimum Gasteiger partial charge on any atom is -0.338 e. The number of urea groups is 1. The quantitative estimate of drug-likeness (QED) is 0.871. The van der Waals surface area contributed by atoms with Crippen LogP contribution < -0.4 is 15.5 Å². The largest absolute Gasteiger partial charge is 0.338 e. The molecule has 144 valence electrons. The first-order valence-electron chi connectivity index (χ1n) is 9.27. The SMILES string of the molecule is Cc1ccc(NC(=O)Nc2c(C)nc(N3CCN(C)CC3)nc2C)c(C)c1. The summed E-state index contributed by atoms with van der Waals surface area (Å²) in [6, 6.07) is 5.65. The standard InChI is InChI=1S/C20H28N6O/c1-13-6-7-17(14(2)12-13)23-20(27)24-18-15(3)21-19(22-16(18)4)26-10-8-25(5)9-11-26/h6-7,12H,8-11H2,1-5H3,(H2,23,24,27). The van der Waals surface area contributed by atoms with E-state index in [-0.39, 0.29) is 6.03 Å². The number of hydrogen-bond acceptors (Lipinski definition) is 5. The molecule has 0 spiro atoms. The average Bonchev–Trinajstić information content (AvgIpc) is 2.61. The first-order valence-corrected chi connectivity index (χ1v) is 9.27. The minimum absolute atomic E-state index is 0.288. The summed E-state index contributed by atoms with van der Waals surface area (Å²) in [6.45, 7) is 11.6. The predicted molar refractivity (Wildman–Crippen MR) is 110 cm³/mol. The number of aromatic nitrogens is 2. The van der Waals surface area contributed by atoms with E-state index in [2.05, 4.69) is 37.4 Å². The van der Waals surface area contributed by atoms with Crippen LogP contribution >= 0.6 is 0 Å². The van der Waals surface area contributed by atoms with Crippen molar-refractivity contribution in [3.63, 3.8) is 0 Å². The predicted octanol–water partition coefficient (Wildman–Crippen LogP) is 3.11. The van der Waals surface area contributed by atoms with Crippen molar-refractivity contribution in [3.8, 4) is 0 Å². The highest BCUT2D eigenvalue weighted by Crippen LogP contribution is 2.22. The van der Waals surface area contributed by atoms with Crippen LogP contribution in [0.15, 0.2) is 18.2 Å². The second kappa shape index (κ2) is 7.92. The van der Waals surface area contributed by atoms with Gasteiger partial charge in [0, 0.05) is 31.9 Å². The van der Waals surface area contributed by atoms with Gasteiger partial charge >= 0.3 is 6.03 Å². The summed E-state index contributed by atoms with van der Waals surface area (Å²) >= 11 is 0. The summed E-state index contributed by atoms with van der Waals surface area (Å²) in [5, 5.41) is 5.81. The molecule has 27 heavy (non-hydrogen) atoms. The number of likely N-dealkylation sites (N-methyl/N-ethyl adjacent to an activating group) is 1. The van der Waals surface area contributed by atoms with E-state index >= 15 is 0 Å². The normalized spacial score (nSPS) is 14.9. The lowest BCUT2D eigenvalue weighted by molar-refractivity contribution is 0.262. The van der Waals surface area contributed by atoms with Gasteiger partial charge in [-0.05, 0) is 46.4 Å². The molecule has 1 fully saturated rings. The summed E-state index contributed by atoms with van der Waals surface area (Å²) in [7, 11) is 2.12. The van der Waals surface area contributed by atoms with Crippen LogP contribution in [0.2, 0.25) is 0 Å². The summed E-state index contributed by atoms with van der Waals surface area (Å²) in [6.07, 6.45) is 0. The molecule has 1 aromatic carbocycles. The molecule has 2 aromatic rings. The smallest absolute Gasteiger partial charge is 0.323 e. The molecule has 1 saturated heterocycles. The van der Waals surface area contributed by atoms with E-state index in [4.69, 9.17) is 0 Å². The Bertz CT molecular complexity index is 819. The third-order valence-electron chi connectivity index (χ3n) is 4.91. The summed E-state index contributed by atoms with van der Waals surface area (Å²) in [4.78, 5) is 26.2. The fourth-order valence-corrected chi connectivity index (χ4v) is 3.25. The lowest BCUT2D eigenvalue weighted by atomic mass is 10.1. The number of carbonyl (C=O) groups excluding carboxylic acids is 1. The van der Waals surface area contributed by atoms with Crippen LogP contribution in [0.25, 0.3) is 0 Å². The van der Waals surface area contributed by atoms with Gasteiger partial charge in [0.25, 0.3) is 0 Å². The minimum atomic E-state index is -0.288. The Balaban J connectivity index is 1.72. The molecule has 1 aromatic heterocycles. The van der Waals surface area contributed by atoms with E-state index in [0.29, 0.717) is 5.69 Å². The highest BCUT2D eigenvalue weighted by atomic mass is 16.2. The van der Waals surface area contributed by atoms with Crippen molar-refractivity contribution in [2.75, 3.05) is 48.8 Å². The molecule has 1 aliphatic heterocycles. The van der Waals surface area contributed by atoms with E-state index in [1.165, 1.54) is 0 Å². The van der Waals surface area contributed by atoms with Gasteiger partial charge in [-0.1, -0.05) is 17.7 Å². The van der Waals surface area contributed by atoms with Gasteiger partial charge in [-0.15, -0.1) is 0 Å². The van der Waals surface area contributed by atoms with Gasteiger partial charge in [0.2, 0.25) is 5.95 Å². The maximum atomic E-state index is 12.5. The molecule has 7 nitrogen and oxygen atoms in total. The first-order chi connectivity index (χ1) is 12.8. The maximum absolute atomic E-state index is 12.5. The Labute approximate surface area is 160 Å². The molecule has 7 heteroatoms. The monoisotopic (exact) mass is 368 g/mol. The summed E-state index contributed by atoms with van der Waals surface area (Å²) in [5.74, 6) is 0.735. The zero-order valence-corrected chi connectivity index (χ0v) is 16.8. The van der Waals surface area contributed by atoms with Crippen LogP contribution in [0.1, 0.15) is 22.5 Å². The number of benzene rings is 1. The molecule has 0 bridgehead atoms. The molecule has 2 heterocycles. The molecule has 3 rings (SSSR count). The molecule has 0 atom stereocenters. The fourth-order valence-electron chi connectivity index (χ4n) is 3.25. The zero-order chi connectivity index (χ0) is 19.6. The Kier molecular flexibility index (Phi) is 5.60. The van der Waals surface area contributed by atoms with Crippen molar-refractivity contribution in [2.45, 2.75) is 27.7 Å². The Hall–Kier alpha value is -2.67. The van der Waals surface area contributed by atoms with Crippen molar-refractivity contribution < 1.29 is 4.79 Å². The number of aryl methyl sites for hydroxylation is 4. The number of amides is 2. The van der Waals surface area contributed by atoms with Gasteiger partial charge in [-0.25, -0.2) is 14.8 Å². The van der Waals surface area contributed by atoms with E-state index in [9.17, 15) is 4.79 Å². The van der Waals surface area contributed by atoms with Gasteiger partial charge in [-0.3, -0.25) is 0 Å². The van der Waals surface area contributed by atoms with Gasteiger partial charge < -0.3 is 20.4 Å². The van der Waals surface area contributed by atoms with Crippen molar-refractivity contribution in [1.29, 1.82) is 0 Å². The summed E-state index contributed by atoms with van der Waals surface area (Å²) < 4.78 is 0. The van der Waals surface area contributed by atoms with Crippen LogP contribution in [-0.4, -0.2) is 54.1 Å². The van der Waals surface area contributed by atoms with E-state index in [0.717, 1.165) is 60.3 Å². The number of anilines is 3. The third-order valence-corrected chi connectivity index (χ3v) is 4.91. The molecule has 2 N–H and O–H groups in total. The van der Waals surface area contributed by atoms with Crippen LogP contribution in [0, 0.1) is 27.7 Å². The third kappa shape index (κ3) is 4.54. The zero-order valence-electron chi connectivity index (χ0n) is 16.8. The van der Waals surface area contributed by atoms with Crippen LogP contribution in [0.4, 0.5) is 22.1 Å². The number of piperazine rings is 1. The number of rotatable bonds is 3. The Morgan fingerprint density at radius 1 is 0.963 bits per heavy atom. The van der Waals surface area contributed by atoms with Gasteiger partial charge in [0.15, 0.2) is 0 Å². The number of hydrogen-bond donors (Lipinski definition) is 2. The molecule has 1 aliphatic rings. The van der Waals surface area contributed by atoms with Gasteiger partial charge in [-0.2, -0.15) is 0 Å². The number of nitrogens with zero attached hydrogens (tertiary/aromatic N) is 4. The van der Waals surface area contributed by atoms with E-state index in [1.807, 2.05) is 45.9 Å². The molecule has 2 amide bonds. The molecule has 0 unspecified atom stereocenters. The van der Waals surface area contributed by atoms with E-state index in [1.54, 1.807) is 0 Å². The van der Waals surface area contributed by atoms with Crippen LogP contribution in [0.3, 0.4) is 0 Å². The Morgan fingerprint density at radius 3 is 2.19 bits per heavy atom. The van der Waals surface area contributed by atoms with Crippen molar-refractivity contribution in [1.82, 2.24) is 14.9 Å².